The van der Waals surface area contributed by atoms with Crippen molar-refractivity contribution < 1.29 is 64.3 Å². The van der Waals surface area contributed by atoms with Crippen molar-refractivity contribution in [3.05, 3.63) is 11.5 Å². The molecule has 0 aromatic heterocycles. The van der Waals surface area contributed by atoms with Crippen molar-refractivity contribution in [1.29, 1.82) is 0 Å². The molecule has 1 unspecified atom stereocenters. The van der Waals surface area contributed by atoms with E-state index in [1.807, 2.05) is 6.92 Å². The van der Waals surface area contributed by atoms with Gasteiger partial charge in [0, 0.05) is 0 Å². The minimum absolute atomic E-state index is 0. The minimum Gasteiger partial charge on any atom is -0.445 e. The zero-order chi connectivity index (χ0) is 8.48. The predicted molar refractivity (Wildman–Crippen MR) is 40.2 cm³/mol. The largest absolute Gasteiger partial charge is 1.00 e. The van der Waals surface area contributed by atoms with Crippen molar-refractivity contribution in [2.75, 3.05) is 0 Å². The third kappa shape index (κ3) is 3.96. The Hall–Kier alpha value is 1.23. The second-order valence-electron chi connectivity index (χ2n) is 3.23. The third-order valence-corrected chi connectivity index (χ3v) is 2.13. The van der Waals surface area contributed by atoms with Crippen molar-refractivity contribution in [2.24, 2.45) is 5.92 Å². The van der Waals surface area contributed by atoms with Gasteiger partial charge in [0.15, 0.2) is 0 Å². The molecular weight excluding hydrogens is 191 g/mol. The molecule has 0 nitrogen and oxygen atoms in total. The SMILES string of the molecule is CC1CC=C([B-](F)(F)F)CC1.[K+]. The Morgan fingerprint density at radius 1 is 1.42 bits per heavy atom. The van der Waals surface area contributed by atoms with E-state index in [9.17, 15) is 12.9 Å². The molecule has 0 aromatic rings. The number of allylic oxidation sites excluding steroid dienone is 2. The fraction of sp³-hybridized carbons (Fsp3) is 0.714. The molecule has 0 aliphatic heterocycles. The first-order chi connectivity index (χ1) is 5.00. The molecule has 0 bridgehead atoms. The Labute approximate surface area is 113 Å². The Balaban J connectivity index is 0.00000121. The second-order valence-corrected chi connectivity index (χ2v) is 3.23. The average Bonchev–Trinajstić information content (AvgIpc) is 1.86. The van der Waals surface area contributed by atoms with Gasteiger partial charge >= 0.3 is 58.4 Å². The predicted octanol–water partition coefficient (Wildman–Crippen LogP) is 0.123. The monoisotopic (exact) mass is 202 g/mol. The molecule has 0 radical (unpaired) electrons. The maximum Gasteiger partial charge on any atom is 1.00 e. The molecule has 0 heterocycles. The summed E-state index contributed by atoms with van der Waals surface area (Å²) in [5.41, 5.74) is -0.275. The van der Waals surface area contributed by atoms with Crippen LogP contribution in [0.15, 0.2) is 11.5 Å². The smallest absolute Gasteiger partial charge is 0.445 e. The molecule has 1 rings (SSSR count). The topological polar surface area (TPSA) is 0 Å². The van der Waals surface area contributed by atoms with Gasteiger partial charge in [-0.05, 0) is 18.8 Å². The van der Waals surface area contributed by atoms with Crippen molar-refractivity contribution >= 4 is 6.98 Å². The minimum atomic E-state index is -4.69. The summed E-state index contributed by atoms with van der Waals surface area (Å²) in [4.78, 5) is 0. The Bertz CT molecular complexity index is 176. The molecule has 64 valence electrons. The molecule has 12 heavy (non-hydrogen) atoms. The summed E-state index contributed by atoms with van der Waals surface area (Å²) < 4.78 is 36.2. The summed E-state index contributed by atoms with van der Waals surface area (Å²) in [6.45, 7) is -2.70. The zero-order valence-corrected chi connectivity index (χ0v) is 10.6. The summed E-state index contributed by atoms with van der Waals surface area (Å²) in [5, 5.41) is 0. The normalized spacial score (nSPS) is 24.3. The molecule has 1 aliphatic carbocycles. The number of hydrogen-bond donors (Lipinski definition) is 0. The van der Waals surface area contributed by atoms with Gasteiger partial charge in [-0.3, -0.25) is 0 Å². The molecular formula is C7H11BF3K. The Morgan fingerprint density at radius 3 is 2.33 bits per heavy atom. The van der Waals surface area contributed by atoms with Gasteiger partial charge in [0.05, 0.1) is 0 Å². The summed E-state index contributed by atoms with van der Waals surface area (Å²) in [6, 6.07) is 0. The van der Waals surface area contributed by atoms with Crippen LogP contribution in [0.25, 0.3) is 0 Å². The van der Waals surface area contributed by atoms with E-state index in [0.717, 1.165) is 0 Å². The van der Waals surface area contributed by atoms with E-state index >= 15 is 0 Å². The summed E-state index contributed by atoms with van der Waals surface area (Å²) >= 11 is 0. The van der Waals surface area contributed by atoms with Crippen LogP contribution in [0.5, 0.6) is 0 Å². The molecule has 0 saturated carbocycles. The zero-order valence-electron chi connectivity index (χ0n) is 7.49. The summed E-state index contributed by atoms with van der Waals surface area (Å²) in [5.74, 6) is 0.428. The second kappa shape index (κ2) is 5.20. The standard InChI is InChI=1S/C7H11BF3.K/c1-6-2-4-7(5-3-6)8(9,10)11;/h4,6H,2-3,5H2,1H3;/q-1;+1. The first-order valence-electron chi connectivity index (χ1n) is 3.89. The van der Waals surface area contributed by atoms with Gasteiger partial charge in [-0.1, -0.05) is 13.3 Å². The average molecular weight is 202 g/mol. The van der Waals surface area contributed by atoms with E-state index in [4.69, 9.17) is 0 Å². The van der Waals surface area contributed by atoms with Crippen LogP contribution in [-0.4, -0.2) is 6.98 Å². The van der Waals surface area contributed by atoms with Crippen molar-refractivity contribution in [1.82, 2.24) is 0 Å². The van der Waals surface area contributed by atoms with Crippen LogP contribution < -0.4 is 51.4 Å². The van der Waals surface area contributed by atoms with Gasteiger partial charge in [0.1, 0.15) is 0 Å². The number of rotatable bonds is 1. The Morgan fingerprint density at radius 2 is 2.00 bits per heavy atom. The van der Waals surface area contributed by atoms with E-state index in [-0.39, 0.29) is 63.3 Å². The maximum absolute atomic E-state index is 12.1. The molecule has 0 saturated heterocycles. The number of halogens is 3. The van der Waals surface area contributed by atoms with Crippen LogP contribution in [0.1, 0.15) is 26.2 Å². The van der Waals surface area contributed by atoms with Crippen LogP contribution in [-0.2, 0) is 0 Å². The molecule has 0 aromatic carbocycles. The molecule has 0 N–H and O–H groups in total. The van der Waals surface area contributed by atoms with Crippen LogP contribution in [0.4, 0.5) is 12.9 Å². The fourth-order valence-corrected chi connectivity index (χ4v) is 1.28. The van der Waals surface area contributed by atoms with Crippen molar-refractivity contribution in [3.8, 4) is 0 Å². The van der Waals surface area contributed by atoms with E-state index in [1.165, 1.54) is 6.08 Å². The Kier molecular flexibility index (Phi) is 5.73. The first kappa shape index (κ1) is 13.2. The van der Waals surface area contributed by atoms with E-state index < -0.39 is 6.98 Å². The maximum atomic E-state index is 12.1. The van der Waals surface area contributed by atoms with Gasteiger partial charge in [-0.15, -0.1) is 11.5 Å². The van der Waals surface area contributed by atoms with E-state index in [1.54, 1.807) is 0 Å². The van der Waals surface area contributed by atoms with E-state index in [2.05, 4.69) is 0 Å². The molecule has 1 aliphatic rings. The van der Waals surface area contributed by atoms with E-state index in [0.29, 0.717) is 18.8 Å². The van der Waals surface area contributed by atoms with Crippen molar-refractivity contribution in [3.63, 3.8) is 0 Å². The fourth-order valence-electron chi connectivity index (χ4n) is 1.28. The summed E-state index contributed by atoms with van der Waals surface area (Å²) in [6.07, 6.45) is 2.86. The van der Waals surface area contributed by atoms with Gasteiger partial charge in [0.25, 0.3) is 0 Å². The molecule has 5 heteroatoms. The van der Waals surface area contributed by atoms with Crippen LogP contribution in [0.3, 0.4) is 0 Å². The molecule has 0 fully saturated rings. The van der Waals surface area contributed by atoms with Crippen molar-refractivity contribution in [2.45, 2.75) is 26.2 Å². The summed E-state index contributed by atoms with van der Waals surface area (Å²) in [7, 11) is 0. The quantitative estimate of drug-likeness (QED) is 0.530. The van der Waals surface area contributed by atoms with Gasteiger partial charge in [0.2, 0.25) is 0 Å². The molecule has 0 spiro atoms. The third-order valence-electron chi connectivity index (χ3n) is 2.13. The van der Waals surface area contributed by atoms with Gasteiger partial charge in [-0.2, -0.15) is 0 Å². The van der Waals surface area contributed by atoms with Gasteiger partial charge in [-0.25, -0.2) is 0 Å². The van der Waals surface area contributed by atoms with Crippen LogP contribution in [0.2, 0.25) is 0 Å². The van der Waals surface area contributed by atoms with Crippen LogP contribution >= 0.6 is 0 Å². The molecule has 1 atom stereocenters. The first-order valence-corrected chi connectivity index (χ1v) is 3.89. The molecule has 0 amide bonds. The van der Waals surface area contributed by atoms with Crippen LogP contribution in [0, 0.1) is 5.92 Å². The van der Waals surface area contributed by atoms with Gasteiger partial charge < -0.3 is 12.9 Å². The number of hydrogen-bond acceptors (Lipinski definition) is 0.